The molecular weight excluding hydrogens is 230 g/mol. The predicted molar refractivity (Wildman–Crippen MR) is 53.6 cm³/mol. The van der Waals surface area contributed by atoms with Crippen molar-refractivity contribution in [3.8, 4) is 0 Å². The third kappa shape index (κ3) is 5.87. The van der Waals surface area contributed by atoms with E-state index in [-0.39, 0.29) is 4.46 Å². The van der Waals surface area contributed by atoms with E-state index in [1.54, 1.807) is 0 Å². The van der Waals surface area contributed by atoms with Gasteiger partial charge in [0, 0.05) is 11.8 Å². The van der Waals surface area contributed by atoms with E-state index in [2.05, 4.69) is 0 Å². The summed E-state index contributed by atoms with van der Waals surface area (Å²) in [5.74, 6) is 1.00. The Kier molecular flexibility index (Phi) is 7.56. The lowest BCUT2D eigenvalue weighted by Crippen LogP contribution is -2.07. The fraction of sp³-hybridized carbons (Fsp3) is 0.600. The highest BCUT2D eigenvalue weighted by Crippen LogP contribution is 2.06. The zero-order chi connectivity index (χ0) is 7.98. The molecule has 0 saturated heterocycles. The van der Waals surface area contributed by atoms with Crippen LogP contribution in [0.25, 0.3) is 0 Å². The molecule has 0 rings (SSSR count). The first kappa shape index (κ1) is 11.1. The minimum absolute atomic E-state index is 0.242. The molecule has 60 valence electrons. The third-order valence-electron chi connectivity index (χ3n) is 0.954. The highest BCUT2D eigenvalue weighted by molar-refractivity contribution is 6.72. The van der Waals surface area contributed by atoms with Crippen molar-refractivity contribution in [1.29, 1.82) is 0 Å². The fourth-order valence-corrected chi connectivity index (χ4v) is 3.34. The van der Waals surface area contributed by atoms with Crippen LogP contribution in [0.2, 0.25) is 0 Å². The molecule has 10 heavy (non-hydrogen) atoms. The summed E-state index contributed by atoms with van der Waals surface area (Å²) in [4.78, 5) is 0. The molecule has 0 spiro atoms. The minimum atomic E-state index is -0.575. The van der Waals surface area contributed by atoms with E-state index >= 15 is 0 Å². The van der Waals surface area contributed by atoms with Crippen molar-refractivity contribution in [2.75, 3.05) is 11.8 Å². The van der Waals surface area contributed by atoms with Crippen LogP contribution in [0.3, 0.4) is 0 Å². The number of hydrogen-bond acceptors (Lipinski definition) is 0. The third-order valence-corrected chi connectivity index (χ3v) is 4.07. The molecule has 0 aromatic rings. The Hall–Kier alpha value is 1.12. The summed E-state index contributed by atoms with van der Waals surface area (Å²) in [6.07, 6.45) is 1.89. The van der Waals surface area contributed by atoms with E-state index in [9.17, 15) is 0 Å². The summed E-state index contributed by atoms with van der Waals surface area (Å²) in [5, 5.41) is 1.13. The van der Waals surface area contributed by atoms with Crippen molar-refractivity contribution in [2.24, 2.45) is 0 Å². The van der Waals surface area contributed by atoms with Crippen molar-refractivity contribution < 1.29 is 0 Å². The minimum Gasteiger partial charge on any atom is -0.122 e. The molecule has 0 aliphatic carbocycles. The second kappa shape index (κ2) is 6.80. The van der Waals surface area contributed by atoms with E-state index < -0.39 is 9.52 Å². The number of halogens is 4. The molecule has 5 heteroatoms. The largest absolute Gasteiger partial charge is 0.122 e. The Morgan fingerprint density at radius 2 is 2.00 bits per heavy atom. The van der Waals surface area contributed by atoms with Crippen LogP contribution in [0.5, 0.6) is 0 Å². The van der Waals surface area contributed by atoms with Gasteiger partial charge in [-0.2, -0.15) is 0 Å². The van der Waals surface area contributed by atoms with Crippen LogP contribution in [-0.4, -0.2) is 25.7 Å². The van der Waals surface area contributed by atoms with Crippen LogP contribution in [0, 0.1) is 0 Å². The van der Waals surface area contributed by atoms with Gasteiger partial charge in [-0.1, -0.05) is 11.3 Å². The van der Waals surface area contributed by atoms with Gasteiger partial charge in [-0.15, -0.1) is 46.4 Å². The molecule has 0 nitrogen and oxygen atoms in total. The zero-order valence-electron chi connectivity index (χ0n) is 5.29. The average molecular weight is 238 g/mol. The first-order chi connectivity index (χ1) is 4.70. The number of hydrogen-bond donors (Lipinski definition) is 0. The molecule has 0 aromatic heterocycles. The number of allylic oxidation sites excluding steroid dienone is 2. The molecule has 0 aliphatic rings. The van der Waals surface area contributed by atoms with Crippen LogP contribution in [0.1, 0.15) is 0 Å². The lowest BCUT2D eigenvalue weighted by atomic mass is 10.6. The van der Waals surface area contributed by atoms with Crippen LogP contribution in [-0.2, 0) is 0 Å². The van der Waals surface area contributed by atoms with E-state index in [0.717, 1.165) is 5.20 Å². The van der Waals surface area contributed by atoms with Crippen LogP contribution >= 0.6 is 46.4 Å². The van der Waals surface area contributed by atoms with Crippen molar-refractivity contribution in [1.82, 2.24) is 0 Å². The molecule has 0 aliphatic heterocycles. The van der Waals surface area contributed by atoms with Gasteiger partial charge in [-0.3, -0.25) is 0 Å². The topological polar surface area (TPSA) is 0 Å². The molecule has 0 bridgehead atoms. The summed E-state index contributed by atoms with van der Waals surface area (Å²) in [6.45, 7) is 0. The molecule has 0 amide bonds. The summed E-state index contributed by atoms with van der Waals surface area (Å²) in [5.41, 5.74) is 0. The van der Waals surface area contributed by atoms with E-state index in [1.165, 1.54) is 0 Å². The van der Waals surface area contributed by atoms with Crippen molar-refractivity contribution >= 4 is 55.9 Å². The molecule has 0 N–H and O–H groups in total. The number of alkyl halides is 4. The quantitative estimate of drug-likeness (QED) is 0.520. The van der Waals surface area contributed by atoms with Crippen molar-refractivity contribution in [3.63, 3.8) is 0 Å². The molecule has 0 unspecified atom stereocenters. The standard InChI is InChI=1S/C5H8Cl4Si/c6-2-1-4(3-7)10-5(8)9/h1,5H,2-3,10H2/b4-1-. The second-order valence-corrected chi connectivity index (χ2v) is 6.77. The molecule has 0 saturated carbocycles. The zero-order valence-corrected chi connectivity index (χ0v) is 9.73. The van der Waals surface area contributed by atoms with Crippen molar-refractivity contribution in [3.05, 3.63) is 11.3 Å². The van der Waals surface area contributed by atoms with Crippen LogP contribution in [0.15, 0.2) is 11.3 Å². The van der Waals surface area contributed by atoms with E-state index in [1.807, 2.05) is 6.08 Å². The SMILES string of the molecule is ClC/C=C(/CCl)[SiH2]C(Cl)Cl. The van der Waals surface area contributed by atoms with Crippen molar-refractivity contribution in [2.45, 2.75) is 4.46 Å². The molecule has 0 aromatic carbocycles. The highest BCUT2D eigenvalue weighted by Gasteiger charge is 2.03. The Labute approximate surface area is 83.3 Å². The lowest BCUT2D eigenvalue weighted by Gasteiger charge is -2.00. The predicted octanol–water partition coefficient (Wildman–Crippen LogP) is 2.28. The number of rotatable bonds is 4. The van der Waals surface area contributed by atoms with Gasteiger partial charge in [0.25, 0.3) is 0 Å². The molecule has 0 fully saturated rings. The van der Waals surface area contributed by atoms with Gasteiger partial charge < -0.3 is 0 Å². The molecular formula is C5H8Cl4Si. The highest BCUT2D eigenvalue weighted by atomic mass is 35.5. The maximum Gasteiger partial charge on any atom is 0.0953 e. The summed E-state index contributed by atoms with van der Waals surface area (Å²) in [7, 11) is -0.575. The first-order valence-electron chi connectivity index (χ1n) is 2.78. The normalized spacial score (nSPS) is 13.9. The molecule has 0 atom stereocenters. The van der Waals surface area contributed by atoms with Crippen LogP contribution < -0.4 is 0 Å². The Morgan fingerprint density at radius 1 is 1.40 bits per heavy atom. The van der Waals surface area contributed by atoms with E-state index in [4.69, 9.17) is 46.4 Å². The average Bonchev–Trinajstić information content (AvgIpc) is 1.86. The van der Waals surface area contributed by atoms with E-state index in [0.29, 0.717) is 11.8 Å². The first-order valence-corrected chi connectivity index (χ1v) is 6.25. The Morgan fingerprint density at radius 3 is 2.30 bits per heavy atom. The summed E-state index contributed by atoms with van der Waals surface area (Å²) >= 11 is 22.2. The summed E-state index contributed by atoms with van der Waals surface area (Å²) < 4.78 is -0.242. The van der Waals surface area contributed by atoms with Crippen LogP contribution in [0.4, 0.5) is 0 Å². The van der Waals surface area contributed by atoms with Gasteiger partial charge in [-0.05, 0) is 0 Å². The molecule has 0 radical (unpaired) electrons. The Bertz CT molecular complexity index is 112. The van der Waals surface area contributed by atoms with Gasteiger partial charge >= 0.3 is 0 Å². The monoisotopic (exact) mass is 236 g/mol. The van der Waals surface area contributed by atoms with Gasteiger partial charge in [0.2, 0.25) is 0 Å². The van der Waals surface area contributed by atoms with Gasteiger partial charge in [0.1, 0.15) is 0 Å². The molecule has 0 heterocycles. The summed E-state index contributed by atoms with van der Waals surface area (Å²) in [6, 6.07) is 0. The van der Waals surface area contributed by atoms with Gasteiger partial charge in [-0.25, -0.2) is 0 Å². The maximum atomic E-state index is 5.58. The van der Waals surface area contributed by atoms with Gasteiger partial charge in [0.15, 0.2) is 0 Å². The fourth-order valence-electron chi connectivity index (χ4n) is 0.500. The maximum absolute atomic E-state index is 5.58. The second-order valence-electron chi connectivity index (χ2n) is 1.75. The lowest BCUT2D eigenvalue weighted by molar-refractivity contribution is 1.56. The Balaban J connectivity index is 3.71. The smallest absolute Gasteiger partial charge is 0.0953 e. The van der Waals surface area contributed by atoms with Gasteiger partial charge in [0.05, 0.1) is 14.0 Å².